The molecule has 0 bridgehead atoms. The maximum atomic E-state index is 12.3. The molecule has 180 valence electrons. The molecule has 0 aliphatic heterocycles. The zero-order valence-electron chi connectivity index (χ0n) is 20.1. The summed E-state index contributed by atoms with van der Waals surface area (Å²) in [4.78, 5) is 20.0. The van der Waals surface area contributed by atoms with Gasteiger partial charge in [-0.05, 0) is 44.7 Å². The molecule has 0 saturated carbocycles. The Morgan fingerprint density at radius 1 is 1.30 bits per heavy atom. The Labute approximate surface area is 195 Å². The van der Waals surface area contributed by atoms with Crippen molar-refractivity contribution >= 4 is 17.0 Å². The molecule has 1 aromatic carbocycles. The molecule has 4 N–H and O–H groups in total. The van der Waals surface area contributed by atoms with E-state index in [2.05, 4.69) is 33.6 Å². The molecule has 2 aromatic heterocycles. The molecule has 33 heavy (non-hydrogen) atoms. The van der Waals surface area contributed by atoms with E-state index < -0.39 is 17.7 Å². The number of aliphatic hydroxyl groups is 1. The molecule has 0 radical (unpaired) electrons. The molecule has 0 saturated heterocycles. The van der Waals surface area contributed by atoms with E-state index in [1.807, 2.05) is 52.1 Å². The smallest absolute Gasteiger partial charge is 0.408 e. The quantitative estimate of drug-likeness (QED) is 0.358. The highest BCUT2D eigenvalue weighted by molar-refractivity contribution is 5.83. The number of benzene rings is 1. The van der Waals surface area contributed by atoms with E-state index in [0.717, 1.165) is 22.9 Å². The van der Waals surface area contributed by atoms with Crippen molar-refractivity contribution in [2.45, 2.75) is 71.7 Å². The summed E-state index contributed by atoms with van der Waals surface area (Å²) >= 11 is 0. The van der Waals surface area contributed by atoms with Gasteiger partial charge >= 0.3 is 6.09 Å². The molecule has 0 aliphatic carbocycles. The first kappa shape index (κ1) is 24.8. The summed E-state index contributed by atoms with van der Waals surface area (Å²) in [5.41, 5.74) is 1.64. The monoisotopic (exact) mass is 456 g/mol. The van der Waals surface area contributed by atoms with E-state index in [1.165, 1.54) is 0 Å². The lowest BCUT2D eigenvalue weighted by atomic mass is 9.99. The van der Waals surface area contributed by atoms with Crippen LogP contribution in [-0.4, -0.2) is 39.4 Å². The summed E-state index contributed by atoms with van der Waals surface area (Å²) in [6.07, 6.45) is 4.67. The van der Waals surface area contributed by atoms with E-state index in [0.29, 0.717) is 24.6 Å². The highest BCUT2D eigenvalue weighted by Crippen LogP contribution is 2.25. The average Bonchev–Trinajstić information content (AvgIpc) is 3.40. The Bertz CT molecular complexity index is 1040. The van der Waals surface area contributed by atoms with E-state index in [-0.39, 0.29) is 18.6 Å². The van der Waals surface area contributed by atoms with E-state index >= 15 is 0 Å². The lowest BCUT2D eigenvalue weighted by Gasteiger charge is -2.25. The second-order valence-corrected chi connectivity index (χ2v) is 9.50. The lowest BCUT2D eigenvalue weighted by Crippen LogP contribution is -2.37. The van der Waals surface area contributed by atoms with Crippen LogP contribution in [0.3, 0.4) is 0 Å². The van der Waals surface area contributed by atoms with Crippen molar-refractivity contribution in [2.24, 2.45) is 5.92 Å². The Balaban J connectivity index is 1.63. The number of alkyl carbamates (subject to hydrolysis) is 1. The lowest BCUT2D eigenvalue weighted by molar-refractivity contribution is 0.0474. The van der Waals surface area contributed by atoms with Gasteiger partial charge in [0.05, 0.1) is 19.3 Å². The zero-order chi connectivity index (χ0) is 24.0. The number of fused-ring (bicyclic) bond motifs is 1. The first-order valence-corrected chi connectivity index (χ1v) is 11.5. The fourth-order valence-electron chi connectivity index (χ4n) is 3.68. The predicted octanol–water partition coefficient (Wildman–Crippen LogP) is 4.46. The number of amides is 1. The Morgan fingerprint density at radius 2 is 2.06 bits per heavy atom. The van der Waals surface area contributed by atoms with Crippen molar-refractivity contribution < 1.29 is 19.1 Å². The molecule has 2 heterocycles. The molecule has 8 nitrogen and oxygen atoms in total. The van der Waals surface area contributed by atoms with Gasteiger partial charge in [-0.1, -0.05) is 38.5 Å². The highest BCUT2D eigenvalue weighted by Gasteiger charge is 2.27. The predicted molar refractivity (Wildman–Crippen MR) is 128 cm³/mol. The second-order valence-electron chi connectivity index (χ2n) is 9.50. The van der Waals surface area contributed by atoms with Gasteiger partial charge in [-0.25, -0.2) is 9.78 Å². The van der Waals surface area contributed by atoms with E-state index in [1.54, 1.807) is 6.20 Å². The van der Waals surface area contributed by atoms with Crippen molar-refractivity contribution in [3.63, 3.8) is 0 Å². The minimum atomic E-state index is -0.583. The fourth-order valence-corrected chi connectivity index (χ4v) is 3.68. The fraction of sp³-hybridized carbons (Fsp3) is 0.520. The van der Waals surface area contributed by atoms with Gasteiger partial charge in [-0.3, -0.25) is 0 Å². The van der Waals surface area contributed by atoms with Crippen LogP contribution in [0.15, 0.2) is 41.1 Å². The number of oxazole rings is 1. The Morgan fingerprint density at radius 3 is 2.76 bits per heavy atom. The minimum absolute atomic E-state index is 0.00378. The van der Waals surface area contributed by atoms with Crippen LogP contribution in [0.2, 0.25) is 0 Å². The van der Waals surface area contributed by atoms with Crippen LogP contribution < -0.4 is 10.6 Å². The number of hydrogen-bond acceptors (Lipinski definition) is 6. The van der Waals surface area contributed by atoms with Gasteiger partial charge in [0.2, 0.25) is 5.89 Å². The van der Waals surface area contributed by atoms with Crippen molar-refractivity contribution in [1.82, 2.24) is 20.6 Å². The van der Waals surface area contributed by atoms with Crippen molar-refractivity contribution in [3.8, 4) is 0 Å². The van der Waals surface area contributed by atoms with Crippen LogP contribution in [0.1, 0.15) is 64.3 Å². The van der Waals surface area contributed by atoms with E-state index in [4.69, 9.17) is 9.15 Å². The van der Waals surface area contributed by atoms with Gasteiger partial charge in [0.15, 0.2) is 0 Å². The number of ether oxygens (including phenoxy) is 1. The van der Waals surface area contributed by atoms with Crippen LogP contribution in [0.4, 0.5) is 4.79 Å². The van der Waals surface area contributed by atoms with Crippen LogP contribution in [0, 0.1) is 5.92 Å². The van der Waals surface area contributed by atoms with Crippen LogP contribution in [0.25, 0.3) is 10.9 Å². The van der Waals surface area contributed by atoms with Gasteiger partial charge in [0.1, 0.15) is 17.4 Å². The largest absolute Gasteiger partial charge is 0.444 e. The molecule has 0 spiro atoms. The molecule has 3 aromatic rings. The number of aromatic amines is 1. The molecule has 8 heteroatoms. The minimum Gasteiger partial charge on any atom is -0.444 e. The van der Waals surface area contributed by atoms with Crippen molar-refractivity contribution in [3.05, 3.63) is 53.9 Å². The number of rotatable bonds is 10. The zero-order valence-corrected chi connectivity index (χ0v) is 20.1. The number of nitrogens with one attached hydrogen (secondary N) is 3. The molecule has 0 aliphatic rings. The van der Waals surface area contributed by atoms with E-state index in [9.17, 15) is 9.90 Å². The molecule has 0 unspecified atom stereocenters. The summed E-state index contributed by atoms with van der Waals surface area (Å²) < 4.78 is 11.4. The average molecular weight is 457 g/mol. The summed E-state index contributed by atoms with van der Waals surface area (Å²) in [5.74, 6) is 1.20. The SMILES string of the molecule is CC[C@H](C)[C@H](NC(=O)OC(C)(C)C)c1ncc(CN[C@H](CO)Cc2c[nH]c3ccccc23)o1. The number of para-hydroxylation sites is 1. The first-order valence-electron chi connectivity index (χ1n) is 11.5. The van der Waals surface area contributed by atoms with Crippen LogP contribution >= 0.6 is 0 Å². The summed E-state index contributed by atoms with van der Waals surface area (Å²) in [6.45, 7) is 9.98. The normalized spacial score (nSPS) is 14.7. The standard InChI is InChI=1S/C25H36N4O4/c1-6-16(2)22(29-24(31)33-25(3,4)5)23-28-14-19(32-23)13-26-18(15-30)11-17-12-27-21-10-8-7-9-20(17)21/h7-10,12,14,16,18,22,26-27,30H,6,11,13,15H2,1-5H3,(H,29,31)/t16-,18-,22-/m0/s1. The molecule has 0 fully saturated rings. The van der Waals surface area contributed by atoms with Crippen molar-refractivity contribution in [1.29, 1.82) is 0 Å². The maximum Gasteiger partial charge on any atom is 0.408 e. The van der Waals surface area contributed by atoms with Crippen LogP contribution in [-0.2, 0) is 17.7 Å². The summed E-state index contributed by atoms with van der Waals surface area (Å²) in [7, 11) is 0. The van der Waals surface area contributed by atoms with Gasteiger partial charge in [-0.15, -0.1) is 0 Å². The third kappa shape index (κ3) is 6.82. The maximum absolute atomic E-state index is 12.3. The number of carbonyl (C=O) groups is 1. The number of H-pyrrole nitrogens is 1. The number of nitrogens with zero attached hydrogens (tertiary/aromatic N) is 1. The second kappa shape index (κ2) is 10.9. The van der Waals surface area contributed by atoms with Gasteiger partial charge in [0, 0.05) is 23.1 Å². The number of aromatic nitrogens is 2. The third-order valence-electron chi connectivity index (χ3n) is 5.65. The molecule has 3 atom stereocenters. The van der Waals surface area contributed by atoms with Gasteiger partial charge in [0.25, 0.3) is 0 Å². The molecule has 3 rings (SSSR count). The Kier molecular flexibility index (Phi) is 8.15. The summed E-state index contributed by atoms with van der Waals surface area (Å²) in [6, 6.07) is 7.59. The van der Waals surface area contributed by atoms with Crippen LogP contribution in [0.5, 0.6) is 0 Å². The summed E-state index contributed by atoms with van der Waals surface area (Å²) in [5, 5.41) is 17.3. The number of hydrogen-bond donors (Lipinski definition) is 4. The Hall–Kier alpha value is -2.84. The topological polar surface area (TPSA) is 112 Å². The highest BCUT2D eigenvalue weighted by atomic mass is 16.6. The molecule has 1 amide bonds. The van der Waals surface area contributed by atoms with Crippen molar-refractivity contribution in [2.75, 3.05) is 6.61 Å². The first-order chi connectivity index (χ1) is 15.7. The number of aliphatic hydroxyl groups excluding tert-OH is 1. The van der Waals surface area contributed by atoms with Gasteiger partial charge in [-0.2, -0.15) is 0 Å². The molecular formula is C25H36N4O4. The number of carbonyl (C=O) groups excluding carboxylic acids is 1. The molecular weight excluding hydrogens is 420 g/mol. The third-order valence-corrected chi connectivity index (χ3v) is 5.65. The van der Waals surface area contributed by atoms with Gasteiger partial charge < -0.3 is 29.9 Å².